The Bertz CT molecular complexity index is 1110. The van der Waals surface area contributed by atoms with Crippen LogP contribution in [-0.2, 0) is 10.0 Å². The minimum absolute atomic E-state index is 0.0658. The highest BCUT2D eigenvalue weighted by Crippen LogP contribution is 2.22. The predicted molar refractivity (Wildman–Crippen MR) is 98.1 cm³/mol. The quantitative estimate of drug-likeness (QED) is 0.602. The average Bonchev–Trinajstić information content (AvgIpc) is 3.08. The molecule has 2 aromatic heterocycles. The van der Waals surface area contributed by atoms with Gasteiger partial charge in [0, 0.05) is 24.5 Å². The average molecular weight is 428 g/mol. The number of nitrogens with zero attached hydrogens (tertiary/aromatic N) is 2. The molecule has 1 amide bonds. The molecule has 0 aliphatic rings. The first-order valence-electron chi connectivity index (χ1n) is 8.19. The van der Waals surface area contributed by atoms with Gasteiger partial charge in [0.15, 0.2) is 0 Å². The molecule has 29 heavy (non-hydrogen) atoms. The van der Waals surface area contributed by atoms with Crippen LogP contribution in [0.25, 0.3) is 5.52 Å². The second kappa shape index (κ2) is 7.99. The first-order chi connectivity index (χ1) is 13.6. The molecule has 0 radical (unpaired) electrons. The fourth-order valence-electron chi connectivity index (χ4n) is 2.42. The van der Waals surface area contributed by atoms with Crippen LogP contribution in [0.2, 0.25) is 0 Å². The number of pyridine rings is 1. The Balaban J connectivity index is 1.52. The van der Waals surface area contributed by atoms with Crippen molar-refractivity contribution < 1.29 is 31.1 Å². The Labute approximate surface area is 163 Å². The van der Waals surface area contributed by atoms with Gasteiger partial charge in [-0.05, 0) is 42.5 Å². The maximum Gasteiger partial charge on any atom is 0.573 e. The Morgan fingerprint density at radius 1 is 1.14 bits per heavy atom. The molecular weight excluding hydrogens is 413 g/mol. The molecule has 0 fully saturated rings. The van der Waals surface area contributed by atoms with E-state index in [1.807, 2.05) is 0 Å². The Kier molecular flexibility index (Phi) is 5.64. The number of rotatable bonds is 7. The molecule has 2 heterocycles. The Morgan fingerprint density at radius 3 is 2.55 bits per heavy atom. The molecule has 3 rings (SSSR count). The number of sulfonamides is 1. The van der Waals surface area contributed by atoms with Gasteiger partial charge in [0.25, 0.3) is 5.91 Å². The molecule has 8 nitrogen and oxygen atoms in total. The van der Waals surface area contributed by atoms with Gasteiger partial charge in [-0.15, -0.1) is 13.2 Å². The molecule has 2 N–H and O–H groups in total. The van der Waals surface area contributed by atoms with E-state index in [9.17, 15) is 26.4 Å². The largest absolute Gasteiger partial charge is 0.573 e. The molecule has 0 bridgehead atoms. The molecule has 154 valence electrons. The number of nitrogens with one attached hydrogen (secondary N) is 2. The van der Waals surface area contributed by atoms with Crippen molar-refractivity contribution in [1.82, 2.24) is 14.9 Å². The molecule has 1 aromatic carbocycles. The second-order valence-corrected chi connectivity index (χ2v) is 7.71. The van der Waals surface area contributed by atoms with Gasteiger partial charge in [-0.1, -0.05) is 0 Å². The highest BCUT2D eigenvalue weighted by atomic mass is 32.2. The lowest BCUT2D eigenvalue weighted by molar-refractivity contribution is -0.274. The number of carbonyl (C=O) groups excluding carboxylic acids is 1. The lowest BCUT2D eigenvalue weighted by Crippen LogP contribution is -2.31. The van der Waals surface area contributed by atoms with E-state index in [4.69, 9.17) is 0 Å². The number of hydrogen-bond acceptors (Lipinski definition) is 5. The zero-order valence-corrected chi connectivity index (χ0v) is 15.5. The molecule has 0 spiro atoms. The number of benzene rings is 1. The summed E-state index contributed by atoms with van der Waals surface area (Å²) < 4.78 is 68.4. The molecule has 12 heteroatoms. The second-order valence-electron chi connectivity index (χ2n) is 5.87. The van der Waals surface area contributed by atoms with Crippen molar-refractivity contribution in [3.05, 3.63) is 60.4 Å². The van der Waals surface area contributed by atoms with Gasteiger partial charge in [0.05, 0.1) is 17.0 Å². The highest BCUT2D eigenvalue weighted by Gasteiger charge is 2.31. The summed E-state index contributed by atoms with van der Waals surface area (Å²) in [4.78, 5) is 12.0. The maximum absolute atomic E-state index is 12.2. The van der Waals surface area contributed by atoms with Gasteiger partial charge < -0.3 is 10.1 Å². The standard InChI is InChI=1S/C17H15F3N4O4S/c18-17(19,20)28-15-3-1-12(2-4-15)16(25)21-8-10-29(26,27)23-13-6-9-24-14(11-13)5-7-22-24/h1-7,9,11,23H,8,10H2,(H,21,25). The number of carbonyl (C=O) groups is 1. The van der Waals surface area contributed by atoms with E-state index in [-0.39, 0.29) is 12.1 Å². The van der Waals surface area contributed by atoms with E-state index in [0.717, 1.165) is 24.3 Å². The van der Waals surface area contributed by atoms with Crippen molar-refractivity contribution in [2.24, 2.45) is 0 Å². The van der Waals surface area contributed by atoms with Gasteiger partial charge in [-0.3, -0.25) is 9.52 Å². The van der Waals surface area contributed by atoms with Crippen molar-refractivity contribution in [3.63, 3.8) is 0 Å². The SMILES string of the molecule is O=C(NCCS(=O)(=O)Nc1ccn2nccc2c1)c1ccc(OC(F)(F)F)cc1. The number of ether oxygens (including phenoxy) is 1. The minimum Gasteiger partial charge on any atom is -0.406 e. The van der Waals surface area contributed by atoms with Crippen LogP contribution in [0.4, 0.5) is 18.9 Å². The number of fused-ring (bicyclic) bond motifs is 1. The molecule has 0 aliphatic heterocycles. The van der Waals surface area contributed by atoms with Gasteiger partial charge in [-0.2, -0.15) is 5.10 Å². The van der Waals surface area contributed by atoms with Crippen LogP contribution in [0.3, 0.4) is 0 Å². The fraction of sp³-hybridized carbons (Fsp3) is 0.176. The first-order valence-corrected chi connectivity index (χ1v) is 9.84. The molecule has 0 saturated heterocycles. The van der Waals surface area contributed by atoms with Gasteiger partial charge >= 0.3 is 6.36 Å². The van der Waals surface area contributed by atoms with Crippen LogP contribution >= 0.6 is 0 Å². The number of amides is 1. The van der Waals surface area contributed by atoms with Crippen molar-refractivity contribution in [2.45, 2.75) is 6.36 Å². The van der Waals surface area contributed by atoms with E-state index in [1.54, 1.807) is 35.1 Å². The van der Waals surface area contributed by atoms with E-state index < -0.39 is 33.8 Å². The number of aromatic nitrogens is 2. The maximum atomic E-state index is 12.2. The molecule has 3 aromatic rings. The molecule has 0 atom stereocenters. The summed E-state index contributed by atoms with van der Waals surface area (Å²) in [6.45, 7) is -0.191. The topological polar surface area (TPSA) is 102 Å². The summed E-state index contributed by atoms with van der Waals surface area (Å²) in [6, 6.07) is 9.13. The summed E-state index contributed by atoms with van der Waals surface area (Å²) >= 11 is 0. The van der Waals surface area contributed by atoms with Crippen molar-refractivity contribution >= 4 is 27.1 Å². The molecule has 0 aliphatic carbocycles. The van der Waals surface area contributed by atoms with Crippen molar-refractivity contribution in [2.75, 3.05) is 17.0 Å². The van der Waals surface area contributed by atoms with E-state index >= 15 is 0 Å². The fourth-order valence-corrected chi connectivity index (χ4v) is 3.38. The third-order valence-electron chi connectivity index (χ3n) is 3.68. The summed E-state index contributed by atoms with van der Waals surface area (Å²) in [5, 5.41) is 6.40. The lowest BCUT2D eigenvalue weighted by Gasteiger charge is -2.10. The number of anilines is 1. The normalized spacial score (nSPS) is 12.0. The van der Waals surface area contributed by atoms with Crippen molar-refractivity contribution in [3.8, 4) is 5.75 Å². The zero-order valence-electron chi connectivity index (χ0n) is 14.7. The minimum atomic E-state index is -4.83. The van der Waals surface area contributed by atoms with E-state index in [2.05, 4.69) is 19.9 Å². The number of halogens is 3. The van der Waals surface area contributed by atoms with Gasteiger partial charge in [0.2, 0.25) is 10.0 Å². The summed E-state index contributed by atoms with van der Waals surface area (Å²) in [5.41, 5.74) is 1.12. The molecular formula is C17H15F3N4O4S. The number of hydrogen-bond donors (Lipinski definition) is 2. The van der Waals surface area contributed by atoms with Crippen LogP contribution in [-0.4, -0.2) is 42.6 Å². The van der Waals surface area contributed by atoms with Crippen LogP contribution in [0, 0.1) is 0 Å². The summed E-state index contributed by atoms with van der Waals surface area (Å²) in [5.74, 6) is -1.48. The van der Waals surface area contributed by atoms with Gasteiger partial charge in [-0.25, -0.2) is 12.9 Å². The first kappa shape index (κ1) is 20.5. The van der Waals surface area contributed by atoms with E-state index in [0.29, 0.717) is 11.2 Å². The van der Waals surface area contributed by atoms with Crippen LogP contribution in [0.15, 0.2) is 54.9 Å². The summed E-state index contributed by atoms with van der Waals surface area (Å²) in [6.07, 6.45) is -1.65. The number of alkyl halides is 3. The van der Waals surface area contributed by atoms with Gasteiger partial charge in [0.1, 0.15) is 5.75 Å². The van der Waals surface area contributed by atoms with Crippen LogP contribution < -0.4 is 14.8 Å². The monoisotopic (exact) mass is 428 g/mol. The smallest absolute Gasteiger partial charge is 0.406 e. The Hall–Kier alpha value is -3.28. The highest BCUT2D eigenvalue weighted by molar-refractivity contribution is 7.92. The third-order valence-corrected chi connectivity index (χ3v) is 4.97. The van der Waals surface area contributed by atoms with E-state index in [1.165, 1.54) is 0 Å². The predicted octanol–water partition coefficient (Wildman–Crippen LogP) is 2.40. The summed E-state index contributed by atoms with van der Waals surface area (Å²) in [7, 11) is -3.73. The Morgan fingerprint density at radius 2 is 1.86 bits per heavy atom. The van der Waals surface area contributed by atoms with Crippen LogP contribution in [0.5, 0.6) is 5.75 Å². The molecule has 0 unspecified atom stereocenters. The van der Waals surface area contributed by atoms with Crippen molar-refractivity contribution in [1.29, 1.82) is 0 Å². The zero-order chi connectivity index (χ0) is 21.1. The molecule has 0 saturated carbocycles. The van der Waals surface area contributed by atoms with Crippen LogP contribution in [0.1, 0.15) is 10.4 Å². The lowest BCUT2D eigenvalue weighted by atomic mass is 10.2. The third kappa shape index (κ3) is 5.85.